The molecule has 13 nitrogen and oxygen atoms in total. The minimum atomic E-state index is -1.61. The molecule has 0 spiro atoms. The molecule has 70 heavy (non-hydrogen) atoms. The number of hydrogen-bond donors (Lipinski definition) is 4. The SMILES string of the molecule is Cc1ncsc1-c1ccc(CNC(=O)[C@@H]2C[C@@H](O)CN2C(=O)[C@@H](NC(=O)COC[C@@H]2C[C@@H]2COCCOc2cc(F)c(C3c4[nH]c5ccccc5c4C[C@@H](C)N3CC(C)(C)F)c(F)c2)C(C)(C)C)cc1. The Morgan fingerprint density at radius 1 is 0.971 bits per heavy atom. The molecule has 376 valence electrons. The van der Waals surface area contributed by atoms with E-state index in [9.17, 15) is 19.5 Å². The van der Waals surface area contributed by atoms with Gasteiger partial charge in [-0.25, -0.2) is 18.2 Å². The number of aliphatic hydroxyl groups is 1. The van der Waals surface area contributed by atoms with Gasteiger partial charge in [0.05, 0.1) is 41.4 Å². The predicted molar refractivity (Wildman–Crippen MR) is 262 cm³/mol. The lowest BCUT2D eigenvalue weighted by atomic mass is 9.85. The van der Waals surface area contributed by atoms with Crippen LogP contribution in [0.2, 0.25) is 0 Å². The smallest absolute Gasteiger partial charge is 0.246 e. The fourth-order valence-corrected chi connectivity index (χ4v) is 10.7. The lowest BCUT2D eigenvalue weighted by Crippen LogP contribution is -2.58. The summed E-state index contributed by atoms with van der Waals surface area (Å²) in [6.45, 7) is 13.2. The number of halogens is 3. The van der Waals surface area contributed by atoms with E-state index in [-0.39, 0.29) is 81.0 Å². The average molecular weight is 987 g/mol. The summed E-state index contributed by atoms with van der Waals surface area (Å²) in [6.07, 6.45) is 0.627. The van der Waals surface area contributed by atoms with E-state index < -0.39 is 58.8 Å². The van der Waals surface area contributed by atoms with E-state index in [1.165, 1.54) is 30.9 Å². The second kappa shape index (κ2) is 21.2. The van der Waals surface area contributed by atoms with Gasteiger partial charge in [0.2, 0.25) is 17.7 Å². The Labute approximate surface area is 411 Å². The van der Waals surface area contributed by atoms with Crippen molar-refractivity contribution in [3.63, 3.8) is 0 Å². The van der Waals surface area contributed by atoms with E-state index in [2.05, 4.69) is 20.6 Å². The number of carbonyl (C=O) groups is 3. The maximum Gasteiger partial charge on any atom is 0.246 e. The van der Waals surface area contributed by atoms with E-state index in [1.807, 2.05) is 88.0 Å². The molecule has 1 aliphatic carbocycles. The molecule has 3 aromatic carbocycles. The zero-order valence-corrected chi connectivity index (χ0v) is 41.8. The molecule has 4 heterocycles. The molecule has 8 rings (SSSR count). The number of ether oxygens (including phenoxy) is 3. The molecular weight excluding hydrogens is 922 g/mol. The molecule has 1 saturated heterocycles. The number of para-hydroxylation sites is 1. The van der Waals surface area contributed by atoms with E-state index in [0.29, 0.717) is 25.3 Å². The van der Waals surface area contributed by atoms with Crippen molar-refractivity contribution in [2.75, 3.05) is 46.1 Å². The Kier molecular flexibility index (Phi) is 15.4. The van der Waals surface area contributed by atoms with Gasteiger partial charge in [0, 0.05) is 73.0 Å². The van der Waals surface area contributed by atoms with Gasteiger partial charge in [-0.2, -0.15) is 0 Å². The number of β-amino-alcohol motifs (C(OH)–C–C–N with tert-alkyl or cyclic N) is 1. The molecule has 2 aromatic heterocycles. The van der Waals surface area contributed by atoms with E-state index >= 15 is 13.2 Å². The third-order valence-corrected chi connectivity index (χ3v) is 14.6. The fraction of sp³-hybridized carbons (Fsp3) is 0.509. The number of alkyl halides is 1. The molecule has 1 saturated carbocycles. The average Bonchev–Trinajstić information content (AvgIpc) is 3.52. The topological polar surface area (TPSA) is 158 Å². The number of likely N-dealkylation sites (tertiary alicyclic amines) is 1. The van der Waals surface area contributed by atoms with Crippen molar-refractivity contribution in [3.8, 4) is 16.2 Å². The minimum Gasteiger partial charge on any atom is -0.491 e. The normalized spacial score (nSPS) is 22.0. The summed E-state index contributed by atoms with van der Waals surface area (Å²) in [6, 6.07) is 15.0. The summed E-state index contributed by atoms with van der Waals surface area (Å²) in [4.78, 5) is 52.7. The van der Waals surface area contributed by atoms with Crippen molar-refractivity contribution in [3.05, 3.63) is 106 Å². The van der Waals surface area contributed by atoms with Crippen LogP contribution >= 0.6 is 11.3 Å². The molecule has 3 aliphatic rings. The molecule has 2 aliphatic heterocycles. The van der Waals surface area contributed by atoms with Crippen LogP contribution in [0.4, 0.5) is 13.2 Å². The first-order valence-electron chi connectivity index (χ1n) is 24.1. The monoisotopic (exact) mass is 986 g/mol. The number of hydrogen-bond acceptors (Lipinski definition) is 10. The summed E-state index contributed by atoms with van der Waals surface area (Å²) < 4.78 is 64.7. The van der Waals surface area contributed by atoms with Gasteiger partial charge >= 0.3 is 0 Å². The van der Waals surface area contributed by atoms with Crippen molar-refractivity contribution in [1.82, 2.24) is 30.4 Å². The highest BCUT2D eigenvalue weighted by atomic mass is 32.1. The molecule has 5 aromatic rings. The molecule has 17 heteroatoms. The summed E-state index contributed by atoms with van der Waals surface area (Å²) in [5.74, 6) is -2.50. The number of aryl methyl sites for hydroxylation is 1. The van der Waals surface area contributed by atoms with Crippen molar-refractivity contribution in [2.24, 2.45) is 17.3 Å². The number of H-pyrrole nitrogens is 1. The van der Waals surface area contributed by atoms with Crippen molar-refractivity contribution in [1.29, 1.82) is 0 Å². The second-order valence-corrected chi connectivity index (χ2v) is 21.7. The van der Waals surface area contributed by atoms with Gasteiger partial charge in [-0.1, -0.05) is 63.2 Å². The molecule has 3 amide bonds. The molecule has 4 N–H and O–H groups in total. The zero-order valence-electron chi connectivity index (χ0n) is 41.0. The number of aromatic nitrogens is 2. The Hall–Kier alpha value is -5.33. The number of thiazole rings is 1. The van der Waals surface area contributed by atoms with Crippen LogP contribution in [0.15, 0.2) is 66.2 Å². The van der Waals surface area contributed by atoms with Gasteiger partial charge < -0.3 is 39.8 Å². The third-order valence-electron chi connectivity index (χ3n) is 13.6. The lowest BCUT2D eigenvalue weighted by molar-refractivity contribution is -0.144. The number of carbonyl (C=O) groups excluding carboxylic acids is 3. The van der Waals surface area contributed by atoms with Gasteiger partial charge in [-0.15, -0.1) is 11.3 Å². The van der Waals surface area contributed by atoms with Crippen LogP contribution in [0.25, 0.3) is 21.3 Å². The van der Waals surface area contributed by atoms with Crippen molar-refractivity contribution < 1.29 is 46.9 Å². The highest BCUT2D eigenvalue weighted by Crippen LogP contribution is 2.44. The maximum absolute atomic E-state index is 16.1. The molecule has 1 unspecified atom stereocenters. The van der Waals surface area contributed by atoms with Gasteiger partial charge in [0.25, 0.3) is 0 Å². The zero-order chi connectivity index (χ0) is 50.1. The number of aromatic amines is 1. The number of fused-ring (bicyclic) bond motifs is 3. The Balaban J connectivity index is 0.770. The molecule has 0 radical (unpaired) electrons. The molecule has 2 fully saturated rings. The van der Waals surface area contributed by atoms with Crippen LogP contribution in [-0.2, 0) is 36.8 Å². The largest absolute Gasteiger partial charge is 0.491 e. The van der Waals surface area contributed by atoms with Crippen molar-refractivity contribution >= 4 is 40.0 Å². The number of rotatable bonds is 19. The summed E-state index contributed by atoms with van der Waals surface area (Å²) in [5.41, 5.74) is 4.68. The van der Waals surface area contributed by atoms with Crippen LogP contribution in [0.3, 0.4) is 0 Å². The summed E-state index contributed by atoms with van der Waals surface area (Å²) in [5, 5.41) is 17.3. The van der Waals surface area contributed by atoms with Gasteiger partial charge in [0.15, 0.2) is 0 Å². The maximum atomic E-state index is 16.1. The molecule has 0 bridgehead atoms. The summed E-state index contributed by atoms with van der Waals surface area (Å²) in [7, 11) is 0. The quantitative estimate of drug-likeness (QED) is 0.0606. The first kappa shape index (κ1) is 51.0. The van der Waals surface area contributed by atoms with Gasteiger partial charge in [-0.05, 0) is 80.5 Å². The third kappa shape index (κ3) is 11.9. The Morgan fingerprint density at radius 2 is 1.67 bits per heavy atom. The fourth-order valence-electron chi connectivity index (χ4n) is 9.86. The first-order valence-corrected chi connectivity index (χ1v) is 25.0. The van der Waals surface area contributed by atoms with E-state index in [1.54, 1.807) is 16.8 Å². The van der Waals surface area contributed by atoms with Crippen LogP contribution in [0.1, 0.15) is 88.5 Å². The van der Waals surface area contributed by atoms with Crippen LogP contribution < -0.4 is 15.4 Å². The number of amides is 3. The molecule has 7 atom stereocenters. The highest BCUT2D eigenvalue weighted by molar-refractivity contribution is 7.13. The number of benzene rings is 3. The predicted octanol–water partition coefficient (Wildman–Crippen LogP) is 7.82. The second-order valence-electron chi connectivity index (χ2n) is 20.8. The van der Waals surface area contributed by atoms with Crippen LogP contribution in [0, 0.1) is 35.8 Å². The summed E-state index contributed by atoms with van der Waals surface area (Å²) >= 11 is 1.56. The number of nitrogens with zero attached hydrogens (tertiary/aromatic N) is 3. The first-order chi connectivity index (χ1) is 33.3. The lowest BCUT2D eigenvalue weighted by Gasteiger charge is -2.43. The van der Waals surface area contributed by atoms with Crippen molar-refractivity contribution in [2.45, 2.75) is 110 Å². The van der Waals surface area contributed by atoms with Crippen LogP contribution in [-0.4, -0.2) is 119 Å². The highest BCUT2D eigenvalue weighted by Gasteiger charge is 2.45. The van der Waals surface area contributed by atoms with E-state index in [0.717, 1.165) is 44.6 Å². The minimum absolute atomic E-state index is 0.0187. The van der Waals surface area contributed by atoms with Gasteiger partial charge in [0.1, 0.15) is 48.4 Å². The van der Waals surface area contributed by atoms with E-state index in [4.69, 9.17) is 14.2 Å². The molecular formula is C53H65F3N6O7S. The number of nitrogens with one attached hydrogen (secondary N) is 3. The standard InChI is InChI=1S/C53H65F3N6O7S/c1-30-18-39-38-10-8-9-11-42(38)59-46(39)47(62(30)28-53(6,7)56)45-40(54)21-37(22-41(45)55)69-17-16-67-25-34-19-35(34)26-68-27-44(64)60-49(52(3,4)5)51(66)61-24-36(63)20-43(61)50(65)57-23-32-12-14-33(15-13-32)48-31(2)58-29-70-48/h8-15,21-22,29-30,34-36,43,47,49,59,63H,16-20,23-28H2,1-7H3,(H,57,65)(H,60,64)/t30-,34-,35+,36-,43+,47?,49-/m1/s1. The van der Waals surface area contributed by atoms with Crippen LogP contribution in [0.5, 0.6) is 5.75 Å². The van der Waals surface area contributed by atoms with Gasteiger partial charge in [-0.3, -0.25) is 19.3 Å². The Bertz CT molecular complexity index is 2640. The number of aliphatic hydroxyl groups excluding tert-OH is 1. The Morgan fingerprint density at radius 3 is 2.34 bits per heavy atom.